The molecule has 0 saturated heterocycles. The maximum Gasteiger partial charge on any atom is 0.272 e. The quantitative estimate of drug-likeness (QED) is 0.781. The van der Waals surface area contributed by atoms with Crippen molar-refractivity contribution in [1.82, 2.24) is 4.98 Å². The van der Waals surface area contributed by atoms with Crippen molar-refractivity contribution in [3.05, 3.63) is 39.7 Å². The number of benzene rings is 1. The summed E-state index contributed by atoms with van der Waals surface area (Å²) >= 11 is 3.78. The number of rotatable bonds is 3. The molecule has 1 aromatic heterocycles. The van der Waals surface area contributed by atoms with Gasteiger partial charge in [0.1, 0.15) is 5.82 Å². The van der Waals surface area contributed by atoms with Crippen molar-refractivity contribution in [2.75, 3.05) is 5.32 Å². The second kappa shape index (κ2) is 5.99. The Morgan fingerprint density at radius 1 is 1.48 bits per heavy atom. The zero-order valence-electron chi connectivity index (χ0n) is 10.4. The molecular weight excluding hydrogens is 407 g/mol. The van der Waals surface area contributed by atoms with E-state index in [0.29, 0.717) is 11.3 Å². The lowest BCUT2D eigenvalue weighted by atomic mass is 10.2. The van der Waals surface area contributed by atoms with Crippen LogP contribution in [0.5, 0.6) is 0 Å². The largest absolute Gasteiger partial charge is 0.298 e. The number of amides is 1. The number of thiazole rings is 1. The van der Waals surface area contributed by atoms with Gasteiger partial charge in [-0.15, -0.1) is 0 Å². The summed E-state index contributed by atoms with van der Waals surface area (Å²) in [5.41, 5.74) is -0.0291. The van der Waals surface area contributed by atoms with E-state index in [1.165, 1.54) is 19.1 Å². The maximum atomic E-state index is 13.7. The van der Waals surface area contributed by atoms with Crippen LogP contribution in [0.2, 0.25) is 0 Å². The van der Waals surface area contributed by atoms with Crippen molar-refractivity contribution in [2.24, 2.45) is 0 Å². The van der Waals surface area contributed by atoms with Gasteiger partial charge in [0, 0.05) is 15.2 Å². The van der Waals surface area contributed by atoms with Crippen molar-refractivity contribution in [3.8, 4) is 0 Å². The molecule has 0 bridgehead atoms. The van der Waals surface area contributed by atoms with E-state index >= 15 is 0 Å². The summed E-state index contributed by atoms with van der Waals surface area (Å²) in [5, 5.41) is 2.37. The van der Waals surface area contributed by atoms with Crippen LogP contribution in [0.25, 0.3) is 0 Å². The minimum Gasteiger partial charge on any atom is -0.298 e. The van der Waals surface area contributed by atoms with Gasteiger partial charge in [-0.05, 0) is 35.0 Å². The fraction of sp³-hybridized carbons (Fsp3) is 0.0909. The molecule has 5 nitrogen and oxygen atoms in total. The average molecular weight is 414 g/mol. The number of halogens is 3. The minimum absolute atomic E-state index is 0.0203. The summed E-state index contributed by atoms with van der Waals surface area (Å²) < 4.78 is 36.3. The van der Waals surface area contributed by atoms with E-state index in [1.807, 2.05) is 0 Å². The lowest BCUT2D eigenvalue weighted by Crippen LogP contribution is -2.14. The second-order valence-corrected chi connectivity index (χ2v) is 8.50. The predicted octanol–water partition coefficient (Wildman–Crippen LogP) is 3.53. The van der Waals surface area contributed by atoms with Gasteiger partial charge >= 0.3 is 0 Å². The van der Waals surface area contributed by atoms with Crippen LogP contribution >= 0.6 is 37.9 Å². The second-order valence-electron chi connectivity index (χ2n) is 3.88. The zero-order chi connectivity index (χ0) is 15.8. The molecule has 0 spiro atoms. The summed E-state index contributed by atoms with van der Waals surface area (Å²) in [4.78, 5) is 15.9. The number of hydrogen-bond donors (Lipinski definition) is 1. The Morgan fingerprint density at radius 2 is 2.14 bits per heavy atom. The van der Waals surface area contributed by atoms with E-state index in [1.54, 1.807) is 0 Å². The van der Waals surface area contributed by atoms with Gasteiger partial charge in [-0.25, -0.2) is 17.8 Å². The lowest BCUT2D eigenvalue weighted by molar-refractivity contribution is 0.102. The first kappa shape index (κ1) is 16.3. The van der Waals surface area contributed by atoms with E-state index < -0.39 is 20.8 Å². The molecule has 2 aromatic rings. The predicted molar refractivity (Wildman–Crippen MR) is 81.9 cm³/mol. The molecule has 0 unspecified atom stereocenters. The molecule has 1 amide bonds. The Hall–Kier alpha value is -1.03. The van der Waals surface area contributed by atoms with Gasteiger partial charge in [-0.2, -0.15) is 0 Å². The molecule has 0 radical (unpaired) electrons. The number of aryl methyl sites for hydroxylation is 1. The molecule has 0 aliphatic rings. The third-order valence-electron chi connectivity index (χ3n) is 2.39. The number of aromatic nitrogens is 1. The van der Waals surface area contributed by atoms with Crippen LogP contribution < -0.4 is 5.32 Å². The molecule has 0 saturated carbocycles. The fourth-order valence-corrected chi connectivity index (χ4v) is 4.41. The van der Waals surface area contributed by atoms with Crippen molar-refractivity contribution in [2.45, 2.75) is 11.1 Å². The Labute approximate surface area is 136 Å². The molecule has 112 valence electrons. The van der Waals surface area contributed by atoms with E-state index in [4.69, 9.17) is 10.7 Å². The molecule has 10 heteroatoms. The topological polar surface area (TPSA) is 76.1 Å². The lowest BCUT2D eigenvalue weighted by Gasteiger charge is -2.05. The summed E-state index contributed by atoms with van der Waals surface area (Å²) in [6.45, 7) is 1.44. The smallest absolute Gasteiger partial charge is 0.272 e. The normalized spacial score (nSPS) is 11.4. The van der Waals surface area contributed by atoms with Crippen LogP contribution in [0.3, 0.4) is 0 Å². The Balaban J connectivity index is 2.33. The molecule has 2 rings (SSSR count). The summed E-state index contributed by atoms with van der Waals surface area (Å²) in [6.07, 6.45) is 0. The molecule has 0 aliphatic heterocycles. The van der Waals surface area contributed by atoms with Crippen LogP contribution in [0.1, 0.15) is 16.1 Å². The van der Waals surface area contributed by atoms with E-state index in [-0.39, 0.29) is 25.1 Å². The van der Waals surface area contributed by atoms with Gasteiger partial charge in [0.05, 0.1) is 11.3 Å². The highest BCUT2D eigenvalue weighted by Crippen LogP contribution is 2.30. The highest BCUT2D eigenvalue weighted by atomic mass is 79.9. The Kier molecular flexibility index (Phi) is 4.66. The number of carbonyl (C=O) groups is 1. The van der Waals surface area contributed by atoms with Gasteiger partial charge in [-0.1, -0.05) is 17.4 Å². The van der Waals surface area contributed by atoms with Crippen LogP contribution in [0, 0.1) is 12.7 Å². The average Bonchev–Trinajstić information content (AvgIpc) is 2.69. The first-order chi connectivity index (χ1) is 9.70. The van der Waals surface area contributed by atoms with Crippen molar-refractivity contribution in [3.63, 3.8) is 0 Å². The first-order valence-electron chi connectivity index (χ1n) is 5.37. The number of nitrogens with zero attached hydrogens (tertiary/aromatic N) is 1. The van der Waals surface area contributed by atoms with E-state index in [2.05, 4.69) is 26.2 Å². The summed E-state index contributed by atoms with van der Waals surface area (Å²) in [7, 11) is 1.31. The molecule has 0 aliphatic carbocycles. The Morgan fingerprint density at radius 3 is 2.67 bits per heavy atom. The maximum absolute atomic E-state index is 13.7. The van der Waals surface area contributed by atoms with Crippen molar-refractivity contribution < 1.29 is 17.6 Å². The summed E-state index contributed by atoms with van der Waals surface area (Å²) in [5.74, 6) is -1.45. The standard InChI is InChI=1S/C11H7BrClFN2O3S2/c1-5-10(21(13,18)19)20-11(15-5)16-9(17)8-6(12)3-2-4-7(8)14/h2-4H,1H3,(H,15,16,17). The van der Waals surface area contributed by atoms with Gasteiger partial charge in [0.15, 0.2) is 9.34 Å². The van der Waals surface area contributed by atoms with Gasteiger partial charge in [0.25, 0.3) is 15.0 Å². The highest BCUT2D eigenvalue weighted by molar-refractivity contribution is 9.10. The van der Waals surface area contributed by atoms with Crippen LogP contribution in [-0.2, 0) is 9.05 Å². The van der Waals surface area contributed by atoms with E-state index in [9.17, 15) is 17.6 Å². The van der Waals surface area contributed by atoms with Crippen LogP contribution in [-0.4, -0.2) is 19.3 Å². The van der Waals surface area contributed by atoms with Gasteiger partial charge < -0.3 is 0 Å². The molecule has 21 heavy (non-hydrogen) atoms. The first-order valence-corrected chi connectivity index (χ1v) is 9.29. The molecule has 1 heterocycles. The minimum atomic E-state index is -3.94. The number of anilines is 1. The van der Waals surface area contributed by atoms with Crippen molar-refractivity contribution in [1.29, 1.82) is 0 Å². The molecule has 0 atom stereocenters. The zero-order valence-corrected chi connectivity index (χ0v) is 14.3. The van der Waals surface area contributed by atoms with E-state index in [0.717, 1.165) is 6.07 Å². The SMILES string of the molecule is Cc1nc(NC(=O)c2c(F)cccc2Br)sc1S(=O)(=O)Cl. The molecule has 1 N–H and O–H groups in total. The fourth-order valence-electron chi connectivity index (χ4n) is 1.54. The number of hydrogen-bond acceptors (Lipinski definition) is 5. The summed E-state index contributed by atoms with van der Waals surface area (Å²) in [6, 6.07) is 4.10. The van der Waals surface area contributed by atoms with Gasteiger partial charge in [0.2, 0.25) is 0 Å². The third-order valence-corrected chi connectivity index (χ3v) is 6.30. The van der Waals surface area contributed by atoms with Crippen LogP contribution in [0.4, 0.5) is 9.52 Å². The molecule has 0 fully saturated rings. The third kappa shape index (κ3) is 3.60. The van der Waals surface area contributed by atoms with Crippen LogP contribution in [0.15, 0.2) is 26.9 Å². The van der Waals surface area contributed by atoms with Crippen molar-refractivity contribution >= 4 is 58.0 Å². The number of nitrogens with one attached hydrogen (secondary N) is 1. The highest BCUT2D eigenvalue weighted by Gasteiger charge is 2.22. The number of carbonyl (C=O) groups excluding carboxylic acids is 1. The molecular formula is C11H7BrClFN2O3S2. The molecule has 1 aromatic carbocycles. The monoisotopic (exact) mass is 412 g/mol. The van der Waals surface area contributed by atoms with Gasteiger partial charge in [-0.3, -0.25) is 10.1 Å². The Bertz CT molecular complexity index is 803.